The van der Waals surface area contributed by atoms with E-state index in [2.05, 4.69) is 147 Å². The first-order chi connectivity index (χ1) is 30.8. The van der Waals surface area contributed by atoms with Gasteiger partial charge in [-0.3, -0.25) is 0 Å². The summed E-state index contributed by atoms with van der Waals surface area (Å²) in [6.45, 7) is 4.20. The predicted molar refractivity (Wildman–Crippen MR) is 269 cm³/mol. The van der Waals surface area contributed by atoms with E-state index < -0.39 is 15.8 Å². The van der Waals surface area contributed by atoms with Gasteiger partial charge in [0.15, 0.2) is 0 Å². The van der Waals surface area contributed by atoms with Gasteiger partial charge in [0.2, 0.25) is 11.8 Å². The van der Waals surface area contributed by atoms with E-state index in [0.717, 1.165) is 33.6 Å². The van der Waals surface area contributed by atoms with Crippen molar-refractivity contribution in [2.75, 3.05) is 14.2 Å². The van der Waals surface area contributed by atoms with Gasteiger partial charge in [0, 0.05) is 24.2 Å². The summed E-state index contributed by atoms with van der Waals surface area (Å²) < 4.78 is 11.6. The number of ether oxygens (including phenoxy) is 2. The van der Waals surface area contributed by atoms with Crippen molar-refractivity contribution in [1.29, 1.82) is 0 Å². The molecule has 0 unspecified atom stereocenters. The minimum absolute atomic E-state index is 0.163. The number of aryl methyl sites for hydroxylation is 2. The second-order valence-electron chi connectivity index (χ2n) is 14.5. The van der Waals surface area contributed by atoms with Gasteiger partial charge < -0.3 is 20.9 Å². The topological polar surface area (TPSA) is 96.3 Å². The van der Waals surface area contributed by atoms with Crippen molar-refractivity contribution in [2.45, 2.75) is 25.9 Å². The van der Waals surface area contributed by atoms with Crippen LogP contribution in [0.5, 0.6) is 11.8 Å². The molecule has 4 N–H and O–H groups in total. The maximum absolute atomic E-state index is 6.15. The van der Waals surface area contributed by atoms with Crippen molar-refractivity contribution >= 4 is 67.1 Å². The Hall–Kier alpha value is -4.80. The van der Waals surface area contributed by atoms with Crippen LogP contribution in [-0.2, 0) is 15.1 Å². The van der Waals surface area contributed by atoms with Crippen LogP contribution in [0.2, 0.25) is 0 Å². The zero-order valence-electron chi connectivity index (χ0n) is 35.6. The van der Waals surface area contributed by atoms with Crippen LogP contribution in [0.1, 0.15) is 34.6 Å². The van der Waals surface area contributed by atoms with Crippen LogP contribution in [-0.4, -0.2) is 24.2 Å². The second kappa shape index (κ2) is 24.3. The van der Waals surface area contributed by atoms with Crippen molar-refractivity contribution in [3.63, 3.8) is 0 Å². The fourth-order valence-corrected chi connectivity index (χ4v) is 13.3. The third-order valence-electron chi connectivity index (χ3n) is 10.6. The van der Waals surface area contributed by atoms with Gasteiger partial charge >= 0.3 is 34.5 Å². The first kappa shape index (κ1) is 47.7. The standard InChI is InChI=1S/C38H34N2O2P2.C14H16N2.2ClH.Ru/c1-27-37(33(25-35(39-27)41-3)43(29-17-9-5-10-18-29)30-19-11-6-12-20-30)38-28(2)40-36(42-4)26-34(38)44(31-21-13-7-14-22-31)32-23-15-8-16-24-32;15-13(11-7-3-1-4-8-11)14(16)12-9-5-2-6-10-12;;;/h5-26H,1-4H3;1-10,13-14H,15-16H2;2*1H;/q;;;;+4/t;13-,14-;;;/m.1.../s1. The fraction of sp³-hybridized carbons (Fsp3) is 0.115. The molecule has 11 heteroatoms. The number of nitrogens with two attached hydrogens (primary N) is 2. The Bertz CT molecular complexity index is 2340. The van der Waals surface area contributed by atoms with E-state index in [-0.39, 0.29) is 27.2 Å². The monoisotopic (exact) mass is 998 g/mol. The number of aromatic nitrogens is 2. The SMILES string of the molecule is COc1cc([PH+](c2ccccc2)c2ccccc2)c(-c2c([PH+](c3ccccc3)c3ccccc3)cc(OC)nc2C)c(C)n1.N[C@H](c1ccccc1)[C@H](N)c1ccccc1.[Cl][Ru+2][Cl]. The van der Waals surface area contributed by atoms with Crippen molar-refractivity contribution in [2.24, 2.45) is 11.5 Å². The molecule has 8 rings (SSSR count). The molecule has 0 fully saturated rings. The molecule has 0 radical (unpaired) electrons. The van der Waals surface area contributed by atoms with Gasteiger partial charge in [-0.25, -0.2) is 9.97 Å². The zero-order chi connectivity index (χ0) is 44.6. The summed E-state index contributed by atoms with van der Waals surface area (Å²) in [5, 5.41) is 7.67. The summed E-state index contributed by atoms with van der Waals surface area (Å²) in [6.07, 6.45) is 0. The Kier molecular flexibility index (Phi) is 18.4. The average molecular weight is 999 g/mol. The Balaban J connectivity index is 0.000000289. The molecule has 63 heavy (non-hydrogen) atoms. The number of halogens is 2. The molecule has 320 valence electrons. The Morgan fingerprint density at radius 1 is 0.444 bits per heavy atom. The molecule has 0 saturated carbocycles. The summed E-state index contributed by atoms with van der Waals surface area (Å²) in [4.78, 5) is 9.95. The van der Waals surface area contributed by atoms with Crippen molar-refractivity contribution < 1.29 is 24.6 Å². The summed E-state index contributed by atoms with van der Waals surface area (Å²) in [5.41, 5.74) is 18.5. The van der Waals surface area contributed by atoms with Crippen LogP contribution in [0, 0.1) is 13.8 Å². The molecule has 2 aromatic heterocycles. The molecule has 0 aliphatic carbocycles. The normalized spacial score (nSPS) is 11.7. The Morgan fingerprint density at radius 2 is 0.683 bits per heavy atom. The van der Waals surface area contributed by atoms with E-state index in [0.29, 0.717) is 11.8 Å². The third-order valence-corrected chi connectivity index (χ3v) is 16.1. The Labute approximate surface area is 390 Å². The summed E-state index contributed by atoms with van der Waals surface area (Å²) in [7, 11) is 10.1. The van der Waals surface area contributed by atoms with Crippen LogP contribution < -0.4 is 52.8 Å². The molecule has 6 aromatic carbocycles. The van der Waals surface area contributed by atoms with E-state index in [1.165, 1.54) is 31.8 Å². The van der Waals surface area contributed by atoms with Crippen LogP contribution in [0.3, 0.4) is 0 Å². The third kappa shape index (κ3) is 12.3. The van der Waals surface area contributed by atoms with Crippen LogP contribution in [0.25, 0.3) is 11.1 Å². The number of rotatable bonds is 12. The predicted octanol–water partition coefficient (Wildman–Crippen LogP) is 9.52. The number of benzene rings is 6. The summed E-state index contributed by atoms with van der Waals surface area (Å²) >= 11 is -0.346. The van der Waals surface area contributed by atoms with Crippen molar-refractivity contribution in [3.8, 4) is 22.9 Å². The van der Waals surface area contributed by atoms with Crippen LogP contribution in [0.4, 0.5) is 0 Å². The molecule has 0 aliphatic rings. The maximum atomic E-state index is 6.15. The molecule has 8 aromatic rings. The van der Waals surface area contributed by atoms with Gasteiger partial charge in [-0.05, 0) is 73.5 Å². The summed E-state index contributed by atoms with van der Waals surface area (Å²) in [6, 6.07) is 67.2. The second-order valence-corrected chi connectivity index (χ2v) is 22.0. The van der Waals surface area contributed by atoms with Gasteiger partial charge in [0.05, 0.1) is 52.6 Å². The van der Waals surface area contributed by atoms with Gasteiger partial charge in [0.1, 0.15) is 31.8 Å². The van der Waals surface area contributed by atoms with E-state index >= 15 is 0 Å². The van der Waals surface area contributed by atoms with E-state index in [9.17, 15) is 0 Å². The van der Waals surface area contributed by atoms with E-state index in [4.69, 9.17) is 50.3 Å². The minimum atomic E-state index is -1.48. The number of hydrogen-bond acceptors (Lipinski definition) is 6. The van der Waals surface area contributed by atoms with Gasteiger partial charge in [-0.2, -0.15) is 0 Å². The molecule has 6 nitrogen and oxygen atoms in total. The number of hydrogen-bond donors (Lipinski definition) is 2. The van der Waals surface area contributed by atoms with Gasteiger partial charge in [0.25, 0.3) is 0 Å². The molecule has 0 aliphatic heterocycles. The first-order valence-electron chi connectivity index (χ1n) is 20.3. The van der Waals surface area contributed by atoms with Crippen molar-refractivity contribution in [3.05, 3.63) is 217 Å². The van der Waals surface area contributed by atoms with Gasteiger partial charge in [-0.1, -0.05) is 133 Å². The molecule has 0 bridgehead atoms. The van der Waals surface area contributed by atoms with Gasteiger partial charge in [-0.15, -0.1) is 0 Å². The molecule has 0 spiro atoms. The zero-order valence-corrected chi connectivity index (χ0v) is 40.9. The quantitative estimate of drug-likeness (QED) is 0.0936. The molecule has 0 amide bonds. The number of nitrogens with zero attached hydrogens (tertiary/aromatic N) is 2. The molecular formula is C52H52Cl2N4O2P2Ru+4. The van der Waals surface area contributed by atoms with Crippen LogP contribution in [0.15, 0.2) is 194 Å². The molecule has 0 saturated heterocycles. The van der Waals surface area contributed by atoms with E-state index in [1.54, 1.807) is 14.2 Å². The van der Waals surface area contributed by atoms with Crippen molar-refractivity contribution in [1.82, 2.24) is 9.97 Å². The number of methoxy groups -OCH3 is 2. The van der Waals surface area contributed by atoms with Crippen LogP contribution >= 0.6 is 35.2 Å². The molecule has 2 atom stereocenters. The first-order valence-corrected chi connectivity index (χ1v) is 27.8. The summed E-state index contributed by atoms with van der Waals surface area (Å²) in [5.74, 6) is 1.24. The number of pyridine rings is 2. The molecular weight excluding hydrogens is 947 g/mol. The Morgan fingerprint density at radius 3 is 0.921 bits per heavy atom. The molecule has 2 heterocycles. The average Bonchev–Trinajstić information content (AvgIpc) is 3.34. The fourth-order valence-electron chi connectivity index (χ4n) is 7.66. The van der Waals surface area contributed by atoms with E-state index in [1.807, 2.05) is 60.7 Å².